The van der Waals surface area contributed by atoms with Crippen molar-refractivity contribution in [1.29, 1.82) is 0 Å². The number of nitrogens with zero attached hydrogens (tertiary/aromatic N) is 4. The first kappa shape index (κ1) is 15.2. The molecule has 4 heterocycles. The minimum absolute atomic E-state index is 0.787. The maximum absolute atomic E-state index is 4.79. The molecule has 0 fully saturated rings. The molecule has 1 N–H and O–H groups in total. The number of nitrogens with one attached hydrogen (secondary N) is 1. The highest BCUT2D eigenvalue weighted by molar-refractivity contribution is 5.80. The van der Waals surface area contributed by atoms with E-state index in [0.29, 0.717) is 0 Å². The molecule has 0 spiro atoms. The van der Waals surface area contributed by atoms with Crippen LogP contribution in [0.5, 0.6) is 0 Å². The van der Waals surface area contributed by atoms with Crippen LogP contribution < -0.4 is 0 Å². The number of fused-ring (bicyclic) bond motifs is 2. The summed E-state index contributed by atoms with van der Waals surface area (Å²) in [5.41, 5.74) is 5.86. The summed E-state index contributed by atoms with van der Waals surface area (Å²) in [6.07, 6.45) is 6.49. The van der Waals surface area contributed by atoms with Crippen LogP contribution in [0, 0.1) is 0 Å². The number of pyridine rings is 1. The van der Waals surface area contributed by atoms with E-state index in [1.807, 2.05) is 18.3 Å². The fourth-order valence-electron chi connectivity index (χ4n) is 3.61. The SMILES string of the molecule is c1ccc2[nH]c(CN3CCc4nc(-c5ccncc5)ncc4C3)cc2c1. The third kappa shape index (κ3) is 2.86. The molecule has 0 saturated carbocycles. The van der Waals surface area contributed by atoms with Crippen molar-refractivity contribution in [3.63, 3.8) is 0 Å². The van der Waals surface area contributed by atoms with Gasteiger partial charge in [0.15, 0.2) is 5.82 Å². The number of aromatic nitrogens is 4. The minimum atomic E-state index is 0.787. The average Bonchev–Trinajstić information content (AvgIpc) is 3.10. The van der Waals surface area contributed by atoms with E-state index in [1.165, 1.54) is 27.9 Å². The monoisotopic (exact) mass is 341 g/mol. The van der Waals surface area contributed by atoms with Gasteiger partial charge >= 0.3 is 0 Å². The molecule has 0 bridgehead atoms. The molecule has 26 heavy (non-hydrogen) atoms. The third-order valence-electron chi connectivity index (χ3n) is 4.93. The van der Waals surface area contributed by atoms with E-state index in [9.17, 15) is 0 Å². The van der Waals surface area contributed by atoms with Gasteiger partial charge in [-0.1, -0.05) is 18.2 Å². The van der Waals surface area contributed by atoms with Crippen molar-refractivity contribution in [2.45, 2.75) is 19.5 Å². The highest BCUT2D eigenvalue weighted by Gasteiger charge is 2.19. The van der Waals surface area contributed by atoms with Crippen LogP contribution in [0.25, 0.3) is 22.3 Å². The zero-order valence-electron chi connectivity index (χ0n) is 14.4. The van der Waals surface area contributed by atoms with E-state index in [2.05, 4.69) is 50.2 Å². The Labute approximate surface area is 151 Å². The van der Waals surface area contributed by atoms with Gasteiger partial charge in [0.2, 0.25) is 0 Å². The number of hydrogen-bond acceptors (Lipinski definition) is 4. The van der Waals surface area contributed by atoms with E-state index < -0.39 is 0 Å². The molecule has 5 heteroatoms. The second kappa shape index (κ2) is 6.35. The molecule has 1 aliphatic heterocycles. The molecule has 0 atom stereocenters. The highest BCUT2D eigenvalue weighted by atomic mass is 15.1. The quantitative estimate of drug-likeness (QED) is 0.619. The summed E-state index contributed by atoms with van der Waals surface area (Å²) in [5, 5.41) is 1.27. The fourth-order valence-corrected chi connectivity index (χ4v) is 3.61. The van der Waals surface area contributed by atoms with Gasteiger partial charge in [-0.2, -0.15) is 0 Å². The summed E-state index contributed by atoms with van der Waals surface area (Å²) in [6.45, 7) is 2.82. The van der Waals surface area contributed by atoms with Crippen molar-refractivity contribution < 1.29 is 0 Å². The lowest BCUT2D eigenvalue weighted by atomic mass is 10.1. The van der Waals surface area contributed by atoms with Crippen LogP contribution >= 0.6 is 0 Å². The predicted molar refractivity (Wildman–Crippen MR) is 101 cm³/mol. The standard InChI is InChI=1S/C21H19N5/c1-2-4-19-16(3-1)11-18(24-19)14-26-10-7-20-17(13-26)12-23-21(25-20)15-5-8-22-9-6-15/h1-6,8-9,11-12,24H,7,10,13-14H2. The van der Waals surface area contributed by atoms with E-state index >= 15 is 0 Å². The van der Waals surface area contributed by atoms with Gasteiger partial charge in [-0.3, -0.25) is 9.88 Å². The maximum Gasteiger partial charge on any atom is 0.159 e. The Hall–Kier alpha value is -3.05. The number of H-pyrrole nitrogens is 1. The molecular weight excluding hydrogens is 322 g/mol. The summed E-state index contributed by atoms with van der Waals surface area (Å²) in [4.78, 5) is 19.4. The van der Waals surface area contributed by atoms with Gasteiger partial charge in [0.25, 0.3) is 0 Å². The smallest absolute Gasteiger partial charge is 0.159 e. The Morgan fingerprint density at radius 2 is 1.96 bits per heavy atom. The van der Waals surface area contributed by atoms with Gasteiger partial charge in [0, 0.05) is 67.0 Å². The zero-order valence-corrected chi connectivity index (χ0v) is 14.4. The number of aromatic amines is 1. The van der Waals surface area contributed by atoms with Gasteiger partial charge in [0.1, 0.15) is 0 Å². The Morgan fingerprint density at radius 3 is 2.85 bits per heavy atom. The van der Waals surface area contributed by atoms with Crippen molar-refractivity contribution in [3.8, 4) is 11.4 Å². The van der Waals surface area contributed by atoms with Crippen molar-refractivity contribution in [2.24, 2.45) is 0 Å². The third-order valence-corrected chi connectivity index (χ3v) is 4.93. The summed E-state index contributed by atoms with van der Waals surface area (Å²) in [5.74, 6) is 0.787. The molecule has 1 aromatic carbocycles. The van der Waals surface area contributed by atoms with Gasteiger partial charge in [-0.25, -0.2) is 9.97 Å². The second-order valence-corrected chi connectivity index (χ2v) is 6.74. The summed E-state index contributed by atoms with van der Waals surface area (Å²) >= 11 is 0. The van der Waals surface area contributed by atoms with Crippen molar-refractivity contribution in [1.82, 2.24) is 24.8 Å². The van der Waals surface area contributed by atoms with Crippen LogP contribution in [0.2, 0.25) is 0 Å². The van der Waals surface area contributed by atoms with Crippen LogP contribution in [0.4, 0.5) is 0 Å². The lowest BCUT2D eigenvalue weighted by Crippen LogP contribution is -2.31. The van der Waals surface area contributed by atoms with Crippen LogP contribution in [0.1, 0.15) is 17.0 Å². The minimum Gasteiger partial charge on any atom is -0.357 e. The molecule has 128 valence electrons. The zero-order chi connectivity index (χ0) is 17.3. The summed E-state index contributed by atoms with van der Waals surface area (Å²) in [7, 11) is 0. The van der Waals surface area contributed by atoms with E-state index in [0.717, 1.165) is 37.4 Å². The lowest BCUT2D eigenvalue weighted by molar-refractivity contribution is 0.240. The lowest BCUT2D eigenvalue weighted by Gasteiger charge is -2.27. The van der Waals surface area contributed by atoms with Crippen molar-refractivity contribution >= 4 is 10.9 Å². The Kier molecular flexibility index (Phi) is 3.72. The molecular formula is C21H19N5. The molecule has 0 radical (unpaired) electrons. The van der Waals surface area contributed by atoms with Crippen molar-refractivity contribution in [2.75, 3.05) is 6.54 Å². The first-order chi connectivity index (χ1) is 12.8. The molecule has 5 nitrogen and oxygen atoms in total. The highest BCUT2D eigenvalue weighted by Crippen LogP contribution is 2.23. The van der Waals surface area contributed by atoms with Gasteiger partial charge in [-0.05, 0) is 29.7 Å². The predicted octanol–water partition coefficient (Wildman–Crippen LogP) is 3.58. The van der Waals surface area contributed by atoms with Gasteiger partial charge < -0.3 is 4.98 Å². The van der Waals surface area contributed by atoms with Gasteiger partial charge in [0.05, 0.1) is 5.69 Å². The number of rotatable bonds is 3. The van der Waals surface area contributed by atoms with Crippen LogP contribution in [-0.4, -0.2) is 31.4 Å². The summed E-state index contributed by atoms with van der Waals surface area (Å²) in [6, 6.07) is 14.6. The average molecular weight is 341 g/mol. The molecule has 5 rings (SSSR count). The number of para-hydroxylation sites is 1. The molecule has 0 saturated heterocycles. The Balaban J connectivity index is 1.35. The molecule has 3 aromatic heterocycles. The van der Waals surface area contributed by atoms with E-state index in [-0.39, 0.29) is 0 Å². The summed E-state index contributed by atoms with van der Waals surface area (Å²) < 4.78 is 0. The number of hydrogen-bond donors (Lipinski definition) is 1. The largest absolute Gasteiger partial charge is 0.357 e. The topological polar surface area (TPSA) is 57.7 Å². The maximum atomic E-state index is 4.79. The van der Waals surface area contributed by atoms with Crippen LogP contribution in [0.15, 0.2) is 61.1 Å². The number of benzene rings is 1. The van der Waals surface area contributed by atoms with Crippen LogP contribution in [-0.2, 0) is 19.5 Å². The normalized spacial score (nSPS) is 14.5. The fraction of sp³-hybridized carbons (Fsp3) is 0.190. The first-order valence-electron chi connectivity index (χ1n) is 8.89. The van der Waals surface area contributed by atoms with Crippen LogP contribution in [0.3, 0.4) is 0 Å². The van der Waals surface area contributed by atoms with E-state index in [4.69, 9.17) is 4.98 Å². The Bertz CT molecular complexity index is 1020. The van der Waals surface area contributed by atoms with Crippen molar-refractivity contribution in [3.05, 3.63) is 78.0 Å². The van der Waals surface area contributed by atoms with Gasteiger partial charge in [-0.15, -0.1) is 0 Å². The first-order valence-corrected chi connectivity index (χ1v) is 8.89. The second-order valence-electron chi connectivity index (χ2n) is 6.74. The van der Waals surface area contributed by atoms with E-state index in [1.54, 1.807) is 12.4 Å². The molecule has 0 unspecified atom stereocenters. The molecule has 1 aliphatic rings. The molecule has 0 aliphatic carbocycles. The molecule has 4 aromatic rings. The Morgan fingerprint density at radius 1 is 1.08 bits per heavy atom. The molecule has 0 amide bonds.